The Labute approximate surface area is 164 Å². The molecule has 1 aliphatic rings. The predicted octanol–water partition coefficient (Wildman–Crippen LogP) is 3.78. The highest BCUT2D eigenvalue weighted by molar-refractivity contribution is 5.91. The molecule has 0 bridgehead atoms. The maximum Gasteiger partial charge on any atom is 0.289 e. The first-order chi connectivity index (χ1) is 13.7. The van der Waals surface area contributed by atoms with Gasteiger partial charge in [-0.2, -0.15) is 5.26 Å². The van der Waals surface area contributed by atoms with Gasteiger partial charge in [0.2, 0.25) is 0 Å². The zero-order chi connectivity index (χ0) is 19.3. The molecule has 0 atom stereocenters. The van der Waals surface area contributed by atoms with E-state index in [1.807, 2.05) is 29.2 Å². The van der Waals surface area contributed by atoms with Gasteiger partial charge in [-0.3, -0.25) is 9.69 Å². The van der Waals surface area contributed by atoms with Crippen molar-refractivity contribution in [3.63, 3.8) is 0 Å². The number of hydrogen-bond acceptors (Lipinski definition) is 4. The van der Waals surface area contributed by atoms with E-state index in [1.54, 1.807) is 12.1 Å². The number of benzene rings is 2. The lowest BCUT2D eigenvalue weighted by Crippen LogP contribution is -2.48. The second-order valence-electron chi connectivity index (χ2n) is 6.90. The summed E-state index contributed by atoms with van der Waals surface area (Å²) in [6, 6.07) is 21.7. The predicted molar refractivity (Wildman–Crippen MR) is 106 cm³/mol. The lowest BCUT2D eigenvalue weighted by Gasteiger charge is -2.34. The summed E-state index contributed by atoms with van der Waals surface area (Å²) in [5.41, 5.74) is 3.92. The van der Waals surface area contributed by atoms with Gasteiger partial charge in [0, 0.05) is 32.7 Å². The third kappa shape index (κ3) is 3.83. The molecule has 5 nitrogen and oxygen atoms in total. The number of piperazine rings is 1. The maximum atomic E-state index is 12.3. The SMILES string of the molecule is N#Cc1ccccc1-c1ccc(CN2CCN(C(=O)c3ccco3)CC2)cc1. The van der Waals surface area contributed by atoms with Crippen molar-refractivity contribution in [3.05, 3.63) is 83.8 Å². The van der Waals surface area contributed by atoms with Crippen LogP contribution < -0.4 is 0 Å². The first-order valence-corrected chi connectivity index (χ1v) is 9.38. The van der Waals surface area contributed by atoms with Crippen LogP contribution in [0.25, 0.3) is 11.1 Å². The van der Waals surface area contributed by atoms with Crippen molar-refractivity contribution in [1.82, 2.24) is 9.80 Å². The number of carbonyl (C=O) groups excluding carboxylic acids is 1. The molecule has 5 heteroatoms. The molecule has 1 aromatic heterocycles. The van der Waals surface area contributed by atoms with Gasteiger partial charge in [0.05, 0.1) is 17.9 Å². The molecule has 0 N–H and O–H groups in total. The Morgan fingerprint density at radius 3 is 2.39 bits per heavy atom. The van der Waals surface area contributed by atoms with E-state index in [1.165, 1.54) is 11.8 Å². The molecule has 1 aliphatic heterocycles. The van der Waals surface area contributed by atoms with Gasteiger partial charge in [0.25, 0.3) is 5.91 Å². The van der Waals surface area contributed by atoms with Gasteiger partial charge in [-0.15, -0.1) is 0 Å². The highest BCUT2D eigenvalue weighted by Gasteiger charge is 2.23. The fourth-order valence-electron chi connectivity index (χ4n) is 3.55. The molecular formula is C23H21N3O2. The normalized spacial score (nSPS) is 14.6. The van der Waals surface area contributed by atoms with Crippen LogP contribution in [-0.4, -0.2) is 41.9 Å². The molecule has 140 valence electrons. The lowest BCUT2D eigenvalue weighted by molar-refractivity contribution is 0.0598. The fourth-order valence-corrected chi connectivity index (χ4v) is 3.55. The Balaban J connectivity index is 1.36. The van der Waals surface area contributed by atoms with Crippen LogP contribution in [0.4, 0.5) is 0 Å². The molecule has 1 saturated heterocycles. The molecule has 0 aliphatic carbocycles. The molecule has 0 radical (unpaired) electrons. The van der Waals surface area contributed by atoms with Gasteiger partial charge in [-0.05, 0) is 34.9 Å². The summed E-state index contributed by atoms with van der Waals surface area (Å²) in [6.45, 7) is 3.93. The summed E-state index contributed by atoms with van der Waals surface area (Å²) in [5, 5.41) is 9.28. The van der Waals surface area contributed by atoms with Crippen LogP contribution in [-0.2, 0) is 6.54 Å². The largest absolute Gasteiger partial charge is 0.459 e. The van der Waals surface area contributed by atoms with Crippen molar-refractivity contribution < 1.29 is 9.21 Å². The van der Waals surface area contributed by atoms with Crippen LogP contribution in [0.15, 0.2) is 71.3 Å². The molecular weight excluding hydrogens is 350 g/mol. The van der Waals surface area contributed by atoms with Crippen LogP contribution in [0.2, 0.25) is 0 Å². The third-order valence-corrected chi connectivity index (χ3v) is 5.11. The molecule has 2 aromatic carbocycles. The van der Waals surface area contributed by atoms with Gasteiger partial charge in [0.1, 0.15) is 0 Å². The minimum atomic E-state index is -0.0369. The quantitative estimate of drug-likeness (QED) is 0.700. The van der Waals surface area contributed by atoms with Crippen molar-refractivity contribution in [2.45, 2.75) is 6.54 Å². The highest BCUT2D eigenvalue weighted by atomic mass is 16.3. The molecule has 4 rings (SSSR count). The van der Waals surface area contributed by atoms with E-state index in [0.717, 1.165) is 30.8 Å². The van der Waals surface area contributed by atoms with Crippen molar-refractivity contribution in [1.29, 1.82) is 5.26 Å². The molecule has 0 saturated carbocycles. The Kier molecular flexibility index (Phi) is 5.22. The van der Waals surface area contributed by atoms with E-state index in [-0.39, 0.29) is 5.91 Å². The molecule has 1 amide bonds. The third-order valence-electron chi connectivity index (χ3n) is 5.11. The lowest BCUT2D eigenvalue weighted by atomic mass is 9.99. The average Bonchev–Trinajstić information content (AvgIpc) is 3.29. The topological polar surface area (TPSA) is 60.5 Å². The number of amides is 1. The van der Waals surface area contributed by atoms with Gasteiger partial charge >= 0.3 is 0 Å². The van der Waals surface area contributed by atoms with Crippen LogP contribution in [0, 0.1) is 11.3 Å². The van der Waals surface area contributed by atoms with Gasteiger partial charge in [-0.1, -0.05) is 42.5 Å². The monoisotopic (exact) mass is 371 g/mol. The van der Waals surface area contributed by atoms with E-state index < -0.39 is 0 Å². The van der Waals surface area contributed by atoms with E-state index in [4.69, 9.17) is 4.42 Å². The first-order valence-electron chi connectivity index (χ1n) is 9.38. The second-order valence-corrected chi connectivity index (χ2v) is 6.90. The summed E-state index contributed by atoms with van der Waals surface area (Å²) in [6.07, 6.45) is 1.53. The first kappa shape index (κ1) is 18.0. The van der Waals surface area contributed by atoms with Crippen molar-refractivity contribution in [2.75, 3.05) is 26.2 Å². The number of rotatable bonds is 4. The number of carbonyl (C=O) groups is 1. The van der Waals surface area contributed by atoms with E-state index in [2.05, 4.69) is 35.2 Å². The van der Waals surface area contributed by atoms with Crippen LogP contribution in [0.5, 0.6) is 0 Å². The summed E-state index contributed by atoms with van der Waals surface area (Å²) in [5.74, 6) is 0.367. The maximum absolute atomic E-state index is 12.3. The highest BCUT2D eigenvalue weighted by Crippen LogP contribution is 2.24. The Morgan fingerprint density at radius 1 is 0.964 bits per heavy atom. The summed E-state index contributed by atoms with van der Waals surface area (Å²) >= 11 is 0. The molecule has 3 aromatic rings. The van der Waals surface area contributed by atoms with Crippen molar-refractivity contribution in [2.24, 2.45) is 0 Å². The summed E-state index contributed by atoms with van der Waals surface area (Å²) in [4.78, 5) is 16.5. The second kappa shape index (κ2) is 8.12. The van der Waals surface area contributed by atoms with Crippen molar-refractivity contribution >= 4 is 5.91 Å². The fraction of sp³-hybridized carbons (Fsp3) is 0.217. The van der Waals surface area contributed by atoms with E-state index in [9.17, 15) is 10.1 Å². The Hall–Kier alpha value is -3.36. The average molecular weight is 371 g/mol. The number of hydrogen-bond donors (Lipinski definition) is 0. The molecule has 0 unspecified atom stereocenters. The van der Waals surface area contributed by atoms with E-state index in [0.29, 0.717) is 24.4 Å². The minimum absolute atomic E-state index is 0.0369. The van der Waals surface area contributed by atoms with E-state index >= 15 is 0 Å². The Bertz CT molecular complexity index is 979. The molecule has 1 fully saturated rings. The van der Waals surface area contributed by atoms with Crippen LogP contribution >= 0.6 is 0 Å². The smallest absolute Gasteiger partial charge is 0.289 e. The zero-order valence-electron chi connectivity index (χ0n) is 15.5. The summed E-state index contributed by atoms with van der Waals surface area (Å²) in [7, 11) is 0. The standard InChI is InChI=1S/C23H21N3O2/c24-16-20-4-1-2-5-21(20)19-9-7-18(8-10-19)17-25-11-13-26(14-12-25)23(27)22-6-3-15-28-22/h1-10,15H,11-14,17H2. The number of nitrogens with zero attached hydrogens (tertiary/aromatic N) is 3. The minimum Gasteiger partial charge on any atom is -0.459 e. The van der Waals surface area contributed by atoms with Gasteiger partial charge < -0.3 is 9.32 Å². The van der Waals surface area contributed by atoms with Gasteiger partial charge in [-0.25, -0.2) is 0 Å². The van der Waals surface area contributed by atoms with Crippen molar-refractivity contribution in [3.8, 4) is 17.2 Å². The molecule has 2 heterocycles. The molecule has 0 spiro atoms. The zero-order valence-corrected chi connectivity index (χ0v) is 15.5. The Morgan fingerprint density at radius 2 is 1.71 bits per heavy atom. The van der Waals surface area contributed by atoms with Crippen LogP contribution in [0.1, 0.15) is 21.7 Å². The van der Waals surface area contributed by atoms with Crippen LogP contribution in [0.3, 0.4) is 0 Å². The molecule has 28 heavy (non-hydrogen) atoms. The number of furan rings is 1. The van der Waals surface area contributed by atoms with Gasteiger partial charge in [0.15, 0.2) is 5.76 Å². The summed E-state index contributed by atoms with van der Waals surface area (Å²) < 4.78 is 5.21. The number of nitriles is 1.